The zero-order chi connectivity index (χ0) is 14.7. The van der Waals surface area contributed by atoms with Gasteiger partial charge in [0.15, 0.2) is 0 Å². The van der Waals surface area contributed by atoms with E-state index in [-0.39, 0.29) is 11.2 Å². The Balaban J connectivity index is 1.57. The Hall–Kier alpha value is -1.01. The van der Waals surface area contributed by atoms with E-state index in [0.29, 0.717) is 5.92 Å². The fourth-order valence-electron chi connectivity index (χ4n) is 2.97. The van der Waals surface area contributed by atoms with E-state index in [1.165, 1.54) is 0 Å². The molecule has 2 aliphatic rings. The number of aromatic nitrogens is 2. The molecule has 2 fully saturated rings. The van der Waals surface area contributed by atoms with E-state index in [9.17, 15) is 4.79 Å². The second-order valence-electron chi connectivity index (χ2n) is 5.88. The smallest absolute Gasteiger partial charge is 0.240 e. The van der Waals surface area contributed by atoms with Gasteiger partial charge in [0.2, 0.25) is 5.91 Å². The van der Waals surface area contributed by atoms with Crippen LogP contribution in [0.4, 0.5) is 5.69 Å². The first-order valence-electron chi connectivity index (χ1n) is 7.73. The maximum Gasteiger partial charge on any atom is 0.240 e. The monoisotopic (exact) mass is 309 g/mol. The maximum atomic E-state index is 12.7. The molecule has 2 saturated heterocycles. The van der Waals surface area contributed by atoms with Gasteiger partial charge in [-0.05, 0) is 37.4 Å². The van der Waals surface area contributed by atoms with Gasteiger partial charge in [-0.15, -0.1) is 11.8 Å². The van der Waals surface area contributed by atoms with Crippen molar-refractivity contribution in [3.8, 4) is 0 Å². The number of thioether (sulfide) groups is 1. The molecule has 0 aromatic carbocycles. The number of hydrogen-bond donors (Lipinski definition) is 0. The van der Waals surface area contributed by atoms with Crippen molar-refractivity contribution in [2.75, 3.05) is 30.4 Å². The number of carbonyl (C=O) groups is 1. The SMILES string of the molecule is Cn1cc(N2CCC[C@@H](SCC3CCOCC3)C2=O)cn1. The Labute approximate surface area is 130 Å². The molecule has 5 nitrogen and oxygen atoms in total. The summed E-state index contributed by atoms with van der Waals surface area (Å²) in [6.07, 6.45) is 8.06. The Bertz CT molecular complexity index is 485. The first kappa shape index (κ1) is 14.9. The van der Waals surface area contributed by atoms with E-state index in [2.05, 4.69) is 5.10 Å². The highest BCUT2D eigenvalue weighted by molar-refractivity contribution is 8.00. The third kappa shape index (κ3) is 3.61. The van der Waals surface area contributed by atoms with Crippen LogP contribution in [0.3, 0.4) is 0 Å². The number of piperidine rings is 1. The number of anilines is 1. The van der Waals surface area contributed by atoms with Crippen molar-refractivity contribution in [2.45, 2.75) is 30.9 Å². The molecular weight excluding hydrogens is 286 g/mol. The van der Waals surface area contributed by atoms with Crippen LogP contribution in [0.15, 0.2) is 12.4 Å². The molecule has 0 N–H and O–H groups in total. The minimum absolute atomic E-state index is 0.113. The lowest BCUT2D eigenvalue weighted by Gasteiger charge is -2.32. The molecule has 116 valence electrons. The molecule has 1 aromatic rings. The summed E-state index contributed by atoms with van der Waals surface area (Å²) in [5.74, 6) is 2.05. The average Bonchev–Trinajstić information content (AvgIpc) is 2.94. The van der Waals surface area contributed by atoms with E-state index in [4.69, 9.17) is 4.74 Å². The lowest BCUT2D eigenvalue weighted by Crippen LogP contribution is -2.43. The molecule has 0 unspecified atom stereocenters. The molecule has 3 heterocycles. The number of amides is 1. The van der Waals surface area contributed by atoms with Gasteiger partial charge in [0.05, 0.1) is 17.1 Å². The number of carbonyl (C=O) groups excluding carboxylic acids is 1. The largest absolute Gasteiger partial charge is 0.381 e. The minimum Gasteiger partial charge on any atom is -0.381 e. The highest BCUT2D eigenvalue weighted by Gasteiger charge is 2.31. The highest BCUT2D eigenvalue weighted by Crippen LogP contribution is 2.30. The van der Waals surface area contributed by atoms with Gasteiger partial charge < -0.3 is 9.64 Å². The second kappa shape index (κ2) is 6.83. The predicted molar refractivity (Wildman–Crippen MR) is 84.6 cm³/mol. The van der Waals surface area contributed by atoms with Gasteiger partial charge >= 0.3 is 0 Å². The molecular formula is C15H23N3O2S. The van der Waals surface area contributed by atoms with Gasteiger partial charge in [0, 0.05) is 33.0 Å². The average molecular weight is 309 g/mol. The minimum atomic E-state index is 0.113. The molecule has 2 aliphatic heterocycles. The molecule has 1 atom stereocenters. The number of aryl methyl sites for hydroxylation is 1. The first-order valence-corrected chi connectivity index (χ1v) is 8.78. The van der Waals surface area contributed by atoms with E-state index in [1.54, 1.807) is 10.9 Å². The van der Waals surface area contributed by atoms with E-state index in [0.717, 1.165) is 56.9 Å². The standard InChI is InChI=1S/C15H23N3O2S/c1-17-10-13(9-16-17)18-6-2-3-14(15(18)19)21-11-12-4-7-20-8-5-12/h9-10,12,14H,2-8,11H2,1H3/t14-/m1/s1. The van der Waals surface area contributed by atoms with Gasteiger partial charge in [-0.25, -0.2) is 0 Å². The quantitative estimate of drug-likeness (QED) is 0.854. The Morgan fingerprint density at radius 3 is 2.90 bits per heavy atom. The highest BCUT2D eigenvalue weighted by atomic mass is 32.2. The van der Waals surface area contributed by atoms with Crippen LogP contribution in [0, 0.1) is 5.92 Å². The third-order valence-electron chi connectivity index (χ3n) is 4.27. The van der Waals surface area contributed by atoms with Crippen molar-refractivity contribution in [1.82, 2.24) is 9.78 Å². The molecule has 0 bridgehead atoms. The third-order valence-corrected chi connectivity index (χ3v) is 5.77. The molecule has 1 aromatic heterocycles. The summed E-state index contributed by atoms with van der Waals surface area (Å²) in [7, 11) is 1.88. The zero-order valence-corrected chi connectivity index (χ0v) is 13.3. The van der Waals surface area contributed by atoms with E-state index in [1.807, 2.05) is 29.9 Å². The molecule has 0 saturated carbocycles. The second-order valence-corrected chi connectivity index (χ2v) is 7.12. The fraction of sp³-hybridized carbons (Fsp3) is 0.733. The van der Waals surface area contributed by atoms with Crippen LogP contribution in [0.5, 0.6) is 0 Å². The van der Waals surface area contributed by atoms with Crippen molar-refractivity contribution in [2.24, 2.45) is 13.0 Å². The van der Waals surface area contributed by atoms with Crippen molar-refractivity contribution in [3.63, 3.8) is 0 Å². The van der Waals surface area contributed by atoms with Crippen LogP contribution in [-0.4, -0.2) is 46.4 Å². The zero-order valence-electron chi connectivity index (χ0n) is 12.5. The van der Waals surface area contributed by atoms with Crippen LogP contribution < -0.4 is 4.90 Å². The van der Waals surface area contributed by atoms with E-state index >= 15 is 0 Å². The molecule has 0 spiro atoms. The number of nitrogens with zero attached hydrogens (tertiary/aromatic N) is 3. The van der Waals surface area contributed by atoms with Gasteiger partial charge in [-0.1, -0.05) is 0 Å². The Morgan fingerprint density at radius 2 is 2.19 bits per heavy atom. The summed E-state index contributed by atoms with van der Waals surface area (Å²) in [6.45, 7) is 2.58. The maximum absolute atomic E-state index is 12.7. The van der Waals surface area contributed by atoms with Crippen molar-refractivity contribution >= 4 is 23.4 Å². The molecule has 21 heavy (non-hydrogen) atoms. The summed E-state index contributed by atoms with van der Waals surface area (Å²) in [5, 5.41) is 4.29. The Morgan fingerprint density at radius 1 is 1.38 bits per heavy atom. The van der Waals surface area contributed by atoms with Crippen LogP contribution in [0.25, 0.3) is 0 Å². The number of rotatable bonds is 4. The molecule has 1 amide bonds. The predicted octanol–water partition coefficient (Wildman–Crippen LogP) is 2.08. The lowest BCUT2D eigenvalue weighted by atomic mass is 10.0. The van der Waals surface area contributed by atoms with Gasteiger partial charge in [0.1, 0.15) is 0 Å². The van der Waals surface area contributed by atoms with Crippen LogP contribution in [-0.2, 0) is 16.6 Å². The molecule has 6 heteroatoms. The normalized spacial score (nSPS) is 24.5. The number of ether oxygens (including phenoxy) is 1. The van der Waals surface area contributed by atoms with E-state index < -0.39 is 0 Å². The summed E-state index contributed by atoms with van der Waals surface area (Å²) in [6, 6.07) is 0. The lowest BCUT2D eigenvalue weighted by molar-refractivity contribution is -0.119. The van der Waals surface area contributed by atoms with Crippen molar-refractivity contribution in [3.05, 3.63) is 12.4 Å². The summed E-state index contributed by atoms with van der Waals surface area (Å²) in [5.41, 5.74) is 0.930. The fourth-order valence-corrected chi connectivity index (χ4v) is 4.41. The molecule has 0 radical (unpaired) electrons. The first-order chi connectivity index (χ1) is 10.2. The van der Waals surface area contributed by atoms with Crippen molar-refractivity contribution in [1.29, 1.82) is 0 Å². The van der Waals surface area contributed by atoms with Crippen LogP contribution >= 0.6 is 11.8 Å². The summed E-state index contributed by atoms with van der Waals surface area (Å²) in [4.78, 5) is 14.6. The molecule has 0 aliphatic carbocycles. The Kier molecular flexibility index (Phi) is 4.85. The van der Waals surface area contributed by atoms with Gasteiger partial charge in [-0.2, -0.15) is 5.10 Å². The summed E-state index contributed by atoms with van der Waals surface area (Å²) < 4.78 is 7.15. The summed E-state index contributed by atoms with van der Waals surface area (Å²) >= 11 is 1.84. The molecule has 3 rings (SSSR count). The van der Waals surface area contributed by atoms with Gasteiger partial charge in [0.25, 0.3) is 0 Å². The number of hydrogen-bond acceptors (Lipinski definition) is 4. The van der Waals surface area contributed by atoms with Gasteiger partial charge in [-0.3, -0.25) is 9.48 Å². The van der Waals surface area contributed by atoms with Crippen molar-refractivity contribution < 1.29 is 9.53 Å². The van der Waals surface area contributed by atoms with Crippen LogP contribution in [0.1, 0.15) is 25.7 Å². The van der Waals surface area contributed by atoms with Crippen LogP contribution in [0.2, 0.25) is 0 Å². The topological polar surface area (TPSA) is 47.4 Å².